The maximum atomic E-state index is 13.9. The zero-order valence-electron chi connectivity index (χ0n) is 17.4. The lowest BCUT2D eigenvalue weighted by Crippen LogP contribution is -2.31. The summed E-state index contributed by atoms with van der Waals surface area (Å²) in [5.74, 6) is 0.347. The second-order valence-corrected chi connectivity index (χ2v) is 7.29. The fourth-order valence-corrected chi connectivity index (χ4v) is 3.38. The minimum absolute atomic E-state index is 0.0245. The number of aromatic hydroxyl groups is 1. The summed E-state index contributed by atoms with van der Waals surface area (Å²) < 4.78 is 27.3. The van der Waals surface area contributed by atoms with Gasteiger partial charge in [0.15, 0.2) is 17.3 Å². The van der Waals surface area contributed by atoms with Crippen molar-refractivity contribution >= 4 is 0 Å². The molecule has 0 amide bonds. The summed E-state index contributed by atoms with van der Waals surface area (Å²) in [7, 11) is 0. The van der Waals surface area contributed by atoms with Gasteiger partial charge in [0.1, 0.15) is 23.8 Å². The van der Waals surface area contributed by atoms with Crippen molar-refractivity contribution in [1.29, 1.82) is 0 Å². The number of para-hydroxylation sites is 2. The number of phenols is 1. The third kappa shape index (κ3) is 4.40. The number of hydrogen-bond acceptors (Lipinski definition) is 4. The lowest BCUT2D eigenvalue weighted by molar-refractivity contribution is -0.655. The van der Waals surface area contributed by atoms with Gasteiger partial charge in [0.05, 0.1) is 18.0 Å². The minimum Gasteiger partial charge on any atom is -0.507 e. The van der Waals surface area contributed by atoms with Crippen molar-refractivity contribution in [3.8, 4) is 39.9 Å². The van der Waals surface area contributed by atoms with Gasteiger partial charge in [-0.3, -0.25) is 5.10 Å². The average Bonchev–Trinajstić information content (AvgIpc) is 3.50. The number of aromatic nitrogens is 4. The maximum Gasteiger partial charge on any atom is 0.235 e. The number of nitrogens with zero attached hydrogens (tertiary/aromatic N) is 2. The van der Waals surface area contributed by atoms with Gasteiger partial charge < -0.3 is 14.6 Å². The molecule has 3 N–H and O–H groups in total. The molecular formula is C25H20FN4O3+. The smallest absolute Gasteiger partial charge is 0.235 e. The summed E-state index contributed by atoms with van der Waals surface area (Å²) in [5.41, 5.74) is 2.84. The fourth-order valence-electron chi connectivity index (χ4n) is 3.38. The van der Waals surface area contributed by atoms with Gasteiger partial charge in [-0.15, -0.1) is 0 Å². The van der Waals surface area contributed by atoms with E-state index in [0.717, 1.165) is 11.3 Å². The number of rotatable bonds is 7. The molecule has 33 heavy (non-hydrogen) atoms. The van der Waals surface area contributed by atoms with Crippen molar-refractivity contribution < 1.29 is 23.7 Å². The van der Waals surface area contributed by atoms with Crippen LogP contribution in [-0.2, 0) is 6.61 Å². The predicted octanol–water partition coefficient (Wildman–Crippen LogP) is 4.90. The third-order valence-electron chi connectivity index (χ3n) is 5.02. The third-order valence-corrected chi connectivity index (χ3v) is 5.02. The number of benzene rings is 3. The molecule has 0 bridgehead atoms. The van der Waals surface area contributed by atoms with E-state index in [2.05, 4.69) is 15.3 Å². The second kappa shape index (κ2) is 8.88. The van der Waals surface area contributed by atoms with Crippen LogP contribution in [-0.4, -0.2) is 20.4 Å². The Balaban J connectivity index is 1.29. The van der Waals surface area contributed by atoms with Crippen LogP contribution in [0.5, 0.6) is 23.0 Å². The van der Waals surface area contributed by atoms with E-state index in [4.69, 9.17) is 9.47 Å². The monoisotopic (exact) mass is 443 g/mol. The molecule has 0 saturated heterocycles. The molecule has 0 aliphatic carbocycles. The van der Waals surface area contributed by atoms with E-state index < -0.39 is 5.82 Å². The summed E-state index contributed by atoms with van der Waals surface area (Å²) in [6.07, 6.45) is 5.23. The van der Waals surface area contributed by atoms with E-state index in [1.165, 1.54) is 24.4 Å². The van der Waals surface area contributed by atoms with Gasteiger partial charge >= 0.3 is 0 Å². The number of H-pyrrole nitrogens is 2. The Morgan fingerprint density at radius 2 is 1.79 bits per heavy atom. The SMILES string of the molecule is Oc1cc(OCc2c[nH][n+](-c3ccccc3)c2)ccc1-c1[nH]ncc1Oc1ccccc1F. The number of nitrogens with one attached hydrogen (secondary N) is 2. The van der Waals surface area contributed by atoms with Crippen molar-refractivity contribution in [2.24, 2.45) is 0 Å². The molecule has 3 aromatic carbocycles. The van der Waals surface area contributed by atoms with Crippen molar-refractivity contribution in [1.82, 2.24) is 15.3 Å². The van der Waals surface area contributed by atoms with Crippen molar-refractivity contribution in [3.63, 3.8) is 0 Å². The number of halogens is 1. The molecule has 0 radical (unpaired) electrons. The maximum absolute atomic E-state index is 13.9. The molecule has 0 aliphatic rings. The molecule has 0 fully saturated rings. The summed E-state index contributed by atoms with van der Waals surface area (Å²) >= 11 is 0. The lowest BCUT2D eigenvalue weighted by Gasteiger charge is -2.10. The zero-order valence-corrected chi connectivity index (χ0v) is 17.4. The first-order valence-corrected chi connectivity index (χ1v) is 10.2. The molecule has 2 aromatic heterocycles. The lowest BCUT2D eigenvalue weighted by atomic mass is 10.1. The molecular weight excluding hydrogens is 423 g/mol. The highest BCUT2D eigenvalue weighted by Crippen LogP contribution is 2.38. The van der Waals surface area contributed by atoms with Crippen molar-refractivity contribution in [2.45, 2.75) is 6.61 Å². The van der Waals surface area contributed by atoms with Crippen LogP contribution in [0, 0.1) is 5.82 Å². The van der Waals surface area contributed by atoms with Crippen LogP contribution < -0.4 is 14.2 Å². The van der Waals surface area contributed by atoms with Crippen LogP contribution in [0.4, 0.5) is 4.39 Å². The van der Waals surface area contributed by atoms with Gasteiger partial charge in [0.2, 0.25) is 11.9 Å². The van der Waals surface area contributed by atoms with Crippen LogP contribution >= 0.6 is 0 Å². The van der Waals surface area contributed by atoms with Crippen LogP contribution in [0.25, 0.3) is 16.9 Å². The first-order valence-electron chi connectivity index (χ1n) is 10.2. The van der Waals surface area contributed by atoms with Gasteiger partial charge in [0, 0.05) is 23.8 Å². The molecule has 0 aliphatic heterocycles. The van der Waals surface area contributed by atoms with Gasteiger partial charge in [-0.1, -0.05) is 35.0 Å². The Hall–Kier alpha value is -4.59. The summed E-state index contributed by atoms with van der Waals surface area (Å²) in [5, 5.41) is 20.5. The summed E-state index contributed by atoms with van der Waals surface area (Å²) in [6.45, 7) is 0.320. The van der Waals surface area contributed by atoms with Crippen molar-refractivity contribution in [2.75, 3.05) is 0 Å². The van der Waals surface area contributed by atoms with E-state index in [1.54, 1.807) is 24.3 Å². The highest BCUT2D eigenvalue weighted by atomic mass is 19.1. The van der Waals surface area contributed by atoms with E-state index in [-0.39, 0.29) is 11.5 Å². The largest absolute Gasteiger partial charge is 0.507 e. The average molecular weight is 443 g/mol. The Kier molecular flexibility index (Phi) is 5.47. The first-order chi connectivity index (χ1) is 16.2. The van der Waals surface area contributed by atoms with E-state index in [0.29, 0.717) is 29.4 Å². The van der Waals surface area contributed by atoms with Crippen LogP contribution in [0.15, 0.2) is 91.4 Å². The minimum atomic E-state index is -0.490. The van der Waals surface area contributed by atoms with E-state index in [1.807, 2.05) is 47.4 Å². The molecule has 164 valence electrons. The molecule has 5 aromatic rings. The molecule has 0 atom stereocenters. The van der Waals surface area contributed by atoms with E-state index in [9.17, 15) is 9.50 Å². The molecule has 0 saturated carbocycles. The predicted molar refractivity (Wildman–Crippen MR) is 119 cm³/mol. The van der Waals surface area contributed by atoms with Crippen LogP contribution in [0.1, 0.15) is 5.56 Å². The number of hydrogen-bond donors (Lipinski definition) is 3. The summed E-state index contributed by atoms with van der Waals surface area (Å²) in [6, 6.07) is 20.9. The molecule has 0 spiro atoms. The summed E-state index contributed by atoms with van der Waals surface area (Å²) in [4.78, 5) is 0. The van der Waals surface area contributed by atoms with Gasteiger partial charge in [-0.05, 0) is 24.3 Å². The number of aromatic amines is 2. The molecule has 0 unspecified atom stereocenters. The fraction of sp³-hybridized carbons (Fsp3) is 0.0400. The highest BCUT2D eigenvalue weighted by molar-refractivity contribution is 5.73. The first kappa shape index (κ1) is 20.3. The Bertz CT molecular complexity index is 1380. The van der Waals surface area contributed by atoms with Gasteiger partial charge in [0.25, 0.3) is 0 Å². The van der Waals surface area contributed by atoms with Gasteiger partial charge in [-0.25, -0.2) is 4.39 Å². The molecule has 5 rings (SSSR count). The Labute approximate surface area is 188 Å². The van der Waals surface area contributed by atoms with Crippen LogP contribution in [0.3, 0.4) is 0 Å². The topological polar surface area (TPSA) is 87.0 Å². The second-order valence-electron chi connectivity index (χ2n) is 7.29. The zero-order chi connectivity index (χ0) is 22.6. The molecule has 2 heterocycles. The molecule has 8 heteroatoms. The number of phenolic OH excluding ortho intramolecular Hbond substituents is 1. The van der Waals surface area contributed by atoms with Crippen molar-refractivity contribution in [3.05, 3.63) is 103 Å². The van der Waals surface area contributed by atoms with Crippen LogP contribution in [0.2, 0.25) is 0 Å². The quantitative estimate of drug-likeness (QED) is 0.312. The van der Waals surface area contributed by atoms with E-state index >= 15 is 0 Å². The number of ether oxygens (including phenoxy) is 2. The molecule has 7 nitrogen and oxygen atoms in total. The highest BCUT2D eigenvalue weighted by Gasteiger charge is 2.16. The van der Waals surface area contributed by atoms with Gasteiger partial charge in [-0.2, -0.15) is 10.2 Å². The normalized spacial score (nSPS) is 10.8. The standard InChI is InChI=1S/C25H19FN4O3/c26-21-8-4-5-9-23(21)33-24-14-27-29-25(24)20-11-10-19(12-22(20)31)32-16-17-13-28-30(15-17)18-6-2-1-3-7-18/h1-15H,16H2,(H2,27,29,31)/p+1. The Morgan fingerprint density at radius 3 is 2.61 bits per heavy atom. The Morgan fingerprint density at radius 1 is 0.970 bits per heavy atom.